The van der Waals surface area contributed by atoms with Crippen molar-refractivity contribution in [3.63, 3.8) is 0 Å². The molecule has 3 unspecified atom stereocenters. The molecule has 5 nitrogen and oxygen atoms in total. The number of hydrogen-bond acceptors (Lipinski definition) is 4. The number of fused-ring (bicyclic) bond motifs is 2. The third kappa shape index (κ3) is 1.74. The summed E-state index contributed by atoms with van der Waals surface area (Å²) in [6.07, 6.45) is 5.90. The van der Waals surface area contributed by atoms with Crippen LogP contribution in [0.25, 0.3) is 11.0 Å². The second kappa shape index (κ2) is 4.48. The first-order valence-electron chi connectivity index (χ1n) is 7.01. The van der Waals surface area contributed by atoms with Crippen LogP contribution < -0.4 is 5.56 Å². The first kappa shape index (κ1) is 12.2. The SMILES string of the molecule is O=c1ccc2cnc3nc2n1CC1CCCCC1S3=O. The van der Waals surface area contributed by atoms with Gasteiger partial charge in [0.25, 0.3) is 5.56 Å². The van der Waals surface area contributed by atoms with Gasteiger partial charge in [-0.05, 0) is 24.8 Å². The maximum atomic E-state index is 12.7. The van der Waals surface area contributed by atoms with Gasteiger partial charge >= 0.3 is 0 Å². The van der Waals surface area contributed by atoms with E-state index in [1.165, 1.54) is 0 Å². The van der Waals surface area contributed by atoms with Crippen LogP contribution in [0.1, 0.15) is 25.7 Å². The van der Waals surface area contributed by atoms with Crippen molar-refractivity contribution in [1.29, 1.82) is 0 Å². The van der Waals surface area contributed by atoms with Crippen LogP contribution >= 0.6 is 0 Å². The van der Waals surface area contributed by atoms with Crippen molar-refractivity contribution in [2.45, 2.75) is 42.6 Å². The minimum absolute atomic E-state index is 0.0286. The molecule has 2 aromatic rings. The molecule has 1 saturated carbocycles. The van der Waals surface area contributed by atoms with Crippen LogP contribution in [0.4, 0.5) is 0 Å². The van der Waals surface area contributed by atoms with E-state index in [9.17, 15) is 9.00 Å². The Morgan fingerprint density at radius 2 is 2.10 bits per heavy atom. The molecule has 1 aliphatic heterocycles. The minimum atomic E-state index is -1.16. The van der Waals surface area contributed by atoms with E-state index < -0.39 is 10.8 Å². The summed E-state index contributed by atoms with van der Waals surface area (Å²) in [5.74, 6) is 0.287. The number of rotatable bonds is 0. The second-order valence-electron chi connectivity index (χ2n) is 5.59. The Bertz CT molecular complexity index is 771. The molecule has 3 heterocycles. The van der Waals surface area contributed by atoms with Gasteiger partial charge in [-0.15, -0.1) is 0 Å². The quantitative estimate of drug-likeness (QED) is 0.689. The normalized spacial score (nSPS) is 28.9. The molecule has 2 aliphatic rings. The van der Waals surface area contributed by atoms with Gasteiger partial charge in [-0.3, -0.25) is 13.6 Å². The van der Waals surface area contributed by atoms with E-state index in [2.05, 4.69) is 9.97 Å². The van der Waals surface area contributed by atoms with E-state index in [0.29, 0.717) is 17.3 Å². The molecule has 0 saturated heterocycles. The molecule has 0 N–H and O–H groups in total. The Labute approximate surface area is 118 Å². The topological polar surface area (TPSA) is 64.8 Å². The Hall–Kier alpha value is -1.56. The largest absolute Gasteiger partial charge is 0.292 e. The van der Waals surface area contributed by atoms with E-state index in [4.69, 9.17) is 0 Å². The minimum Gasteiger partial charge on any atom is -0.292 e. The zero-order valence-corrected chi connectivity index (χ0v) is 11.8. The molecule has 1 fully saturated rings. The molecule has 3 atom stereocenters. The third-order valence-corrected chi connectivity index (χ3v) is 6.14. The highest BCUT2D eigenvalue weighted by molar-refractivity contribution is 7.85. The average Bonchev–Trinajstić information content (AvgIpc) is 2.48. The van der Waals surface area contributed by atoms with Crippen molar-refractivity contribution < 1.29 is 4.21 Å². The van der Waals surface area contributed by atoms with Gasteiger partial charge in [-0.25, -0.2) is 9.97 Å². The fraction of sp³-hybridized carbons (Fsp3) is 0.500. The van der Waals surface area contributed by atoms with E-state index in [-0.39, 0.29) is 16.7 Å². The van der Waals surface area contributed by atoms with Crippen molar-refractivity contribution in [3.8, 4) is 0 Å². The van der Waals surface area contributed by atoms with Gasteiger partial charge in [0.05, 0.1) is 10.8 Å². The summed E-state index contributed by atoms with van der Waals surface area (Å²) in [5.41, 5.74) is 0.596. The number of pyridine rings is 1. The molecule has 4 rings (SSSR count). The number of hydrogen-bond donors (Lipinski definition) is 0. The molecule has 2 aromatic heterocycles. The summed E-state index contributed by atoms with van der Waals surface area (Å²) in [7, 11) is -1.16. The first-order chi connectivity index (χ1) is 9.74. The molecule has 6 heteroatoms. The van der Waals surface area contributed by atoms with Crippen LogP contribution in [-0.2, 0) is 17.3 Å². The molecule has 1 aliphatic carbocycles. The molecule has 0 aromatic carbocycles. The molecule has 2 bridgehead atoms. The molecule has 104 valence electrons. The van der Waals surface area contributed by atoms with Crippen LogP contribution in [0.2, 0.25) is 0 Å². The zero-order valence-electron chi connectivity index (χ0n) is 11.0. The summed E-state index contributed by atoms with van der Waals surface area (Å²) in [6.45, 7) is 0.628. The molecular formula is C14H15N3O2S. The van der Waals surface area contributed by atoms with Crippen LogP contribution in [0, 0.1) is 5.92 Å². The van der Waals surface area contributed by atoms with Crippen LogP contribution in [-0.4, -0.2) is 24.0 Å². The van der Waals surface area contributed by atoms with Crippen molar-refractivity contribution in [1.82, 2.24) is 14.5 Å². The maximum absolute atomic E-state index is 12.7. The van der Waals surface area contributed by atoms with E-state index in [1.807, 2.05) is 0 Å². The van der Waals surface area contributed by atoms with Crippen LogP contribution in [0.15, 0.2) is 28.3 Å². The Morgan fingerprint density at radius 3 is 3.00 bits per heavy atom. The van der Waals surface area contributed by atoms with Gasteiger partial charge in [0, 0.05) is 29.4 Å². The molecular weight excluding hydrogens is 274 g/mol. The molecule has 0 spiro atoms. The molecule has 0 radical (unpaired) electrons. The average molecular weight is 289 g/mol. The van der Waals surface area contributed by atoms with Gasteiger partial charge in [-0.2, -0.15) is 0 Å². The lowest BCUT2D eigenvalue weighted by atomic mass is 9.88. The van der Waals surface area contributed by atoms with Gasteiger partial charge in [-0.1, -0.05) is 12.8 Å². The fourth-order valence-electron chi connectivity index (χ4n) is 3.36. The first-order valence-corrected chi connectivity index (χ1v) is 8.22. The summed E-state index contributed by atoms with van der Waals surface area (Å²) < 4.78 is 14.4. The van der Waals surface area contributed by atoms with Crippen molar-refractivity contribution >= 4 is 21.8 Å². The second-order valence-corrected chi connectivity index (χ2v) is 7.16. The molecule has 0 amide bonds. The highest BCUT2D eigenvalue weighted by atomic mass is 32.2. The lowest BCUT2D eigenvalue weighted by molar-refractivity contribution is 0.322. The Kier molecular flexibility index (Phi) is 2.73. The van der Waals surface area contributed by atoms with E-state index in [0.717, 1.165) is 31.1 Å². The van der Waals surface area contributed by atoms with Crippen molar-refractivity contribution in [3.05, 3.63) is 28.7 Å². The van der Waals surface area contributed by atoms with Gasteiger partial charge in [0.2, 0.25) is 5.16 Å². The van der Waals surface area contributed by atoms with Crippen molar-refractivity contribution in [2.24, 2.45) is 5.92 Å². The zero-order chi connectivity index (χ0) is 13.7. The highest BCUT2D eigenvalue weighted by Gasteiger charge is 2.34. The van der Waals surface area contributed by atoms with Crippen LogP contribution in [0.5, 0.6) is 0 Å². The van der Waals surface area contributed by atoms with Gasteiger partial charge in [0.15, 0.2) is 0 Å². The summed E-state index contributed by atoms with van der Waals surface area (Å²) in [6, 6.07) is 3.31. The van der Waals surface area contributed by atoms with Gasteiger partial charge < -0.3 is 0 Å². The summed E-state index contributed by atoms with van der Waals surface area (Å²) in [4.78, 5) is 20.8. The monoisotopic (exact) mass is 289 g/mol. The number of nitrogens with zero attached hydrogens (tertiary/aromatic N) is 3. The van der Waals surface area contributed by atoms with Crippen molar-refractivity contribution in [2.75, 3.05) is 0 Å². The van der Waals surface area contributed by atoms with E-state index >= 15 is 0 Å². The lowest BCUT2D eigenvalue weighted by Crippen LogP contribution is -2.37. The third-order valence-electron chi connectivity index (χ3n) is 4.41. The predicted octanol–water partition coefficient (Wildman–Crippen LogP) is 1.47. The fourth-order valence-corrected chi connectivity index (χ4v) is 4.92. The Balaban J connectivity index is 2.01. The van der Waals surface area contributed by atoms with Crippen LogP contribution in [0.3, 0.4) is 0 Å². The number of aromatic nitrogens is 3. The van der Waals surface area contributed by atoms with Gasteiger partial charge in [0.1, 0.15) is 5.65 Å². The standard InChI is InChI=1S/C14H15N3O2S/c18-12-6-5-9-7-15-14-16-13(9)17(12)8-10-3-1-2-4-11(10)20(14)19/h5-7,10-11H,1-4,8H2. The predicted molar refractivity (Wildman–Crippen MR) is 76.0 cm³/mol. The summed E-state index contributed by atoms with van der Waals surface area (Å²) in [5, 5.41) is 1.30. The maximum Gasteiger partial charge on any atom is 0.252 e. The highest BCUT2D eigenvalue weighted by Crippen LogP contribution is 2.33. The lowest BCUT2D eigenvalue weighted by Gasteiger charge is -2.32. The summed E-state index contributed by atoms with van der Waals surface area (Å²) >= 11 is 0. The Morgan fingerprint density at radius 1 is 1.25 bits per heavy atom. The van der Waals surface area contributed by atoms with E-state index in [1.54, 1.807) is 22.9 Å². The smallest absolute Gasteiger partial charge is 0.252 e. The molecule has 20 heavy (non-hydrogen) atoms.